The van der Waals surface area contributed by atoms with E-state index in [1.807, 2.05) is 0 Å². The summed E-state index contributed by atoms with van der Waals surface area (Å²) in [5, 5.41) is 3.40. The Kier molecular flexibility index (Phi) is 10.1. The molecule has 0 saturated carbocycles. The summed E-state index contributed by atoms with van der Waals surface area (Å²) >= 11 is 0. The molecule has 0 aromatic carbocycles. The van der Waals surface area contributed by atoms with Crippen LogP contribution >= 0.6 is 0 Å². The molecule has 0 spiro atoms. The van der Waals surface area contributed by atoms with Gasteiger partial charge in [-0.2, -0.15) is 0 Å². The minimum Gasteiger partial charge on any atom is -0.317 e. The maximum atomic E-state index is 3.40. The molecule has 3 unspecified atom stereocenters. The first-order valence-electron chi connectivity index (χ1n) is 7.35. The Hall–Kier alpha value is -0.0400. The molecule has 1 nitrogen and oxygen atoms in total. The van der Waals surface area contributed by atoms with Crippen LogP contribution < -0.4 is 5.32 Å². The molecule has 1 N–H and O–H groups in total. The van der Waals surface area contributed by atoms with Gasteiger partial charge in [0.25, 0.3) is 0 Å². The van der Waals surface area contributed by atoms with E-state index >= 15 is 0 Å². The number of nitrogens with one attached hydrogen (secondary N) is 1. The molecule has 0 radical (unpaired) electrons. The third-order valence-electron chi connectivity index (χ3n) is 4.08. The van der Waals surface area contributed by atoms with Crippen LogP contribution in [-0.4, -0.2) is 13.1 Å². The second-order valence-electron chi connectivity index (χ2n) is 5.35. The second kappa shape index (κ2) is 10.1. The van der Waals surface area contributed by atoms with Gasteiger partial charge in [0.1, 0.15) is 0 Å². The van der Waals surface area contributed by atoms with Gasteiger partial charge in [-0.3, -0.25) is 0 Å². The molecule has 0 aliphatic heterocycles. The smallest absolute Gasteiger partial charge is 0.00614 e. The van der Waals surface area contributed by atoms with Gasteiger partial charge in [-0.25, -0.2) is 0 Å². The zero-order valence-electron chi connectivity index (χ0n) is 12.2. The van der Waals surface area contributed by atoms with Gasteiger partial charge in [0.2, 0.25) is 0 Å². The van der Waals surface area contributed by atoms with Crippen LogP contribution in [0.15, 0.2) is 0 Å². The van der Waals surface area contributed by atoms with Crippen LogP contribution in [0.1, 0.15) is 72.6 Å². The fraction of sp³-hybridized carbons (Fsp3) is 1.00. The van der Waals surface area contributed by atoms with Crippen LogP contribution in [0.3, 0.4) is 0 Å². The molecule has 0 fully saturated rings. The van der Waals surface area contributed by atoms with Gasteiger partial charge in [0, 0.05) is 6.04 Å². The summed E-state index contributed by atoms with van der Waals surface area (Å²) in [5.41, 5.74) is 0. The third kappa shape index (κ3) is 7.27. The molecule has 0 bridgehead atoms. The average Bonchev–Trinajstić information content (AvgIpc) is 2.32. The monoisotopic (exact) mass is 227 g/mol. The summed E-state index contributed by atoms with van der Waals surface area (Å²) < 4.78 is 0. The highest BCUT2D eigenvalue weighted by Gasteiger charge is 2.11. The molecular formula is C15H33N. The Bertz CT molecular complexity index is 140. The summed E-state index contributed by atoms with van der Waals surface area (Å²) in [6, 6.07) is 0.737. The minimum atomic E-state index is 0.737. The predicted octanol–water partition coefficient (Wildman–Crippen LogP) is 4.62. The van der Waals surface area contributed by atoms with Crippen molar-refractivity contribution in [2.45, 2.75) is 78.7 Å². The number of hydrogen-bond donors (Lipinski definition) is 1. The Morgan fingerprint density at radius 3 is 2.06 bits per heavy atom. The molecule has 0 amide bonds. The lowest BCUT2D eigenvalue weighted by Crippen LogP contribution is -2.24. The molecule has 0 saturated heterocycles. The Balaban J connectivity index is 3.69. The maximum Gasteiger partial charge on any atom is 0.00614 e. The van der Waals surface area contributed by atoms with Crippen molar-refractivity contribution >= 4 is 0 Å². The van der Waals surface area contributed by atoms with E-state index in [4.69, 9.17) is 0 Å². The summed E-state index contributed by atoms with van der Waals surface area (Å²) in [7, 11) is 2.09. The van der Waals surface area contributed by atoms with E-state index in [1.165, 1.54) is 44.9 Å². The summed E-state index contributed by atoms with van der Waals surface area (Å²) in [6.07, 6.45) is 9.57. The van der Waals surface area contributed by atoms with E-state index in [9.17, 15) is 0 Å². The van der Waals surface area contributed by atoms with Crippen LogP contribution in [0.4, 0.5) is 0 Å². The SMILES string of the molecule is CCC(C)CC(CC)CCCC(CC)NC. The van der Waals surface area contributed by atoms with Gasteiger partial charge < -0.3 is 5.32 Å². The standard InChI is InChI=1S/C15H33N/c1-6-13(4)12-14(7-2)10-9-11-15(8-3)16-5/h13-16H,6-12H2,1-5H3. The van der Waals surface area contributed by atoms with Crippen molar-refractivity contribution in [2.24, 2.45) is 11.8 Å². The maximum absolute atomic E-state index is 3.40. The van der Waals surface area contributed by atoms with Gasteiger partial charge in [-0.15, -0.1) is 0 Å². The van der Waals surface area contributed by atoms with Crippen LogP contribution in [0.5, 0.6) is 0 Å². The topological polar surface area (TPSA) is 12.0 Å². The van der Waals surface area contributed by atoms with Crippen molar-refractivity contribution in [3.63, 3.8) is 0 Å². The van der Waals surface area contributed by atoms with Gasteiger partial charge in [-0.1, -0.05) is 53.4 Å². The van der Waals surface area contributed by atoms with E-state index in [1.54, 1.807) is 0 Å². The lowest BCUT2D eigenvalue weighted by atomic mass is 9.88. The molecule has 0 aromatic rings. The van der Waals surface area contributed by atoms with Gasteiger partial charge >= 0.3 is 0 Å². The fourth-order valence-electron chi connectivity index (χ4n) is 2.43. The second-order valence-corrected chi connectivity index (χ2v) is 5.35. The third-order valence-corrected chi connectivity index (χ3v) is 4.08. The van der Waals surface area contributed by atoms with Crippen LogP contribution in [0.25, 0.3) is 0 Å². The molecule has 0 heterocycles. The lowest BCUT2D eigenvalue weighted by Gasteiger charge is -2.20. The Labute approximate surface area is 103 Å². The summed E-state index contributed by atoms with van der Waals surface area (Å²) in [6.45, 7) is 9.33. The number of hydrogen-bond acceptors (Lipinski definition) is 1. The quantitative estimate of drug-likeness (QED) is 0.574. The van der Waals surface area contributed by atoms with Crippen molar-refractivity contribution in [2.75, 3.05) is 7.05 Å². The molecule has 0 aliphatic carbocycles. The average molecular weight is 227 g/mol. The molecule has 1 heteroatoms. The van der Waals surface area contributed by atoms with E-state index in [2.05, 4.69) is 40.1 Å². The normalized spacial score (nSPS) is 17.1. The van der Waals surface area contributed by atoms with Crippen molar-refractivity contribution in [3.8, 4) is 0 Å². The highest BCUT2D eigenvalue weighted by atomic mass is 14.9. The lowest BCUT2D eigenvalue weighted by molar-refractivity contribution is 0.335. The van der Waals surface area contributed by atoms with E-state index in [-0.39, 0.29) is 0 Å². The van der Waals surface area contributed by atoms with Crippen molar-refractivity contribution < 1.29 is 0 Å². The van der Waals surface area contributed by atoms with Gasteiger partial charge in [0.05, 0.1) is 0 Å². The van der Waals surface area contributed by atoms with Crippen molar-refractivity contribution in [1.29, 1.82) is 0 Å². The van der Waals surface area contributed by atoms with E-state index in [0.29, 0.717) is 0 Å². The highest BCUT2D eigenvalue weighted by molar-refractivity contribution is 4.66. The molecule has 3 atom stereocenters. The molecule has 0 rings (SSSR count). The van der Waals surface area contributed by atoms with E-state index < -0.39 is 0 Å². The van der Waals surface area contributed by atoms with Crippen LogP contribution in [0, 0.1) is 11.8 Å². The zero-order valence-corrected chi connectivity index (χ0v) is 12.2. The van der Waals surface area contributed by atoms with Crippen LogP contribution in [0.2, 0.25) is 0 Å². The fourth-order valence-corrected chi connectivity index (χ4v) is 2.43. The first-order chi connectivity index (χ1) is 7.67. The molecule has 0 aliphatic rings. The first kappa shape index (κ1) is 16.0. The van der Waals surface area contributed by atoms with E-state index in [0.717, 1.165) is 17.9 Å². The minimum absolute atomic E-state index is 0.737. The van der Waals surface area contributed by atoms with Crippen LogP contribution in [-0.2, 0) is 0 Å². The van der Waals surface area contributed by atoms with Crippen molar-refractivity contribution in [3.05, 3.63) is 0 Å². The predicted molar refractivity (Wildman–Crippen MR) is 74.8 cm³/mol. The molecule has 98 valence electrons. The summed E-state index contributed by atoms with van der Waals surface area (Å²) in [5.74, 6) is 1.88. The Morgan fingerprint density at radius 2 is 1.62 bits per heavy atom. The summed E-state index contributed by atoms with van der Waals surface area (Å²) in [4.78, 5) is 0. The first-order valence-corrected chi connectivity index (χ1v) is 7.35. The molecular weight excluding hydrogens is 194 g/mol. The van der Waals surface area contributed by atoms with Crippen molar-refractivity contribution in [1.82, 2.24) is 5.32 Å². The Morgan fingerprint density at radius 1 is 0.938 bits per heavy atom. The number of rotatable bonds is 10. The zero-order chi connectivity index (χ0) is 12.4. The van der Waals surface area contributed by atoms with Gasteiger partial charge in [-0.05, 0) is 38.1 Å². The van der Waals surface area contributed by atoms with Gasteiger partial charge in [0.15, 0.2) is 0 Å². The molecule has 16 heavy (non-hydrogen) atoms. The molecule has 0 aromatic heterocycles. The largest absolute Gasteiger partial charge is 0.317 e. The highest BCUT2D eigenvalue weighted by Crippen LogP contribution is 2.23.